The molecule has 3 aromatic rings. The first-order chi connectivity index (χ1) is 14.0. The normalized spacial score (nSPS) is 11.7. The Morgan fingerprint density at radius 1 is 0.966 bits per heavy atom. The van der Waals surface area contributed by atoms with Gasteiger partial charge in [-0.2, -0.15) is 0 Å². The lowest BCUT2D eigenvalue weighted by atomic mass is 10.0. The third kappa shape index (κ3) is 5.31. The molecule has 0 heterocycles. The van der Waals surface area contributed by atoms with Gasteiger partial charge >= 0.3 is 0 Å². The number of anilines is 1. The summed E-state index contributed by atoms with van der Waals surface area (Å²) in [6.07, 6.45) is 0. The topological polar surface area (TPSA) is 58.2 Å². The van der Waals surface area contributed by atoms with Crippen molar-refractivity contribution < 1.29 is 9.59 Å². The lowest BCUT2D eigenvalue weighted by Crippen LogP contribution is -2.30. The average Bonchev–Trinajstić information content (AvgIpc) is 2.73. The molecule has 0 saturated heterocycles. The van der Waals surface area contributed by atoms with E-state index in [1.165, 1.54) is 5.56 Å². The average molecular weight is 407 g/mol. The number of benzene rings is 3. The number of carbonyl (C=O) groups is 2. The van der Waals surface area contributed by atoms with E-state index < -0.39 is 0 Å². The summed E-state index contributed by atoms with van der Waals surface area (Å²) in [5, 5.41) is 6.50. The van der Waals surface area contributed by atoms with Crippen molar-refractivity contribution in [2.24, 2.45) is 0 Å². The van der Waals surface area contributed by atoms with Crippen LogP contribution < -0.4 is 10.6 Å². The molecule has 0 aromatic heterocycles. The van der Waals surface area contributed by atoms with Crippen LogP contribution in [0.5, 0.6) is 0 Å². The van der Waals surface area contributed by atoms with Gasteiger partial charge in [-0.15, -0.1) is 0 Å². The molecule has 0 aliphatic heterocycles. The summed E-state index contributed by atoms with van der Waals surface area (Å²) in [6.45, 7) is 4.18. The van der Waals surface area contributed by atoms with Crippen molar-refractivity contribution in [2.75, 3.05) is 11.9 Å². The Bertz CT molecular complexity index is 1020. The second-order valence-corrected chi connectivity index (χ2v) is 7.33. The molecule has 3 aromatic carbocycles. The van der Waals surface area contributed by atoms with Crippen LogP contribution in [0.1, 0.15) is 40.0 Å². The summed E-state index contributed by atoms with van der Waals surface area (Å²) in [7, 11) is 0. The molecule has 0 saturated carbocycles. The van der Waals surface area contributed by atoms with E-state index >= 15 is 0 Å². The Morgan fingerprint density at radius 3 is 2.38 bits per heavy atom. The molecule has 0 unspecified atom stereocenters. The zero-order valence-electron chi connectivity index (χ0n) is 16.4. The van der Waals surface area contributed by atoms with E-state index in [1.807, 2.05) is 44.2 Å². The maximum Gasteiger partial charge on any atom is 0.238 e. The first kappa shape index (κ1) is 20.8. The predicted octanol–water partition coefficient (Wildman–Crippen LogP) is 5.17. The number of nitrogens with one attached hydrogen (secondary N) is 2. The van der Waals surface area contributed by atoms with E-state index in [-0.39, 0.29) is 24.3 Å². The van der Waals surface area contributed by atoms with Gasteiger partial charge < -0.3 is 10.6 Å². The van der Waals surface area contributed by atoms with E-state index in [0.717, 1.165) is 5.56 Å². The quantitative estimate of drug-likeness (QED) is 0.532. The fourth-order valence-electron chi connectivity index (χ4n) is 3.18. The largest absolute Gasteiger partial charge is 0.324 e. The van der Waals surface area contributed by atoms with Crippen molar-refractivity contribution in [3.8, 4) is 0 Å². The van der Waals surface area contributed by atoms with Gasteiger partial charge in [0.25, 0.3) is 0 Å². The van der Waals surface area contributed by atoms with Gasteiger partial charge in [0.2, 0.25) is 5.91 Å². The minimum atomic E-state index is -0.227. The third-order valence-electron chi connectivity index (χ3n) is 4.76. The van der Waals surface area contributed by atoms with Crippen molar-refractivity contribution in [2.45, 2.75) is 19.9 Å². The lowest BCUT2D eigenvalue weighted by molar-refractivity contribution is -0.115. The van der Waals surface area contributed by atoms with Crippen LogP contribution in [0.15, 0.2) is 72.8 Å². The first-order valence-electron chi connectivity index (χ1n) is 9.44. The Kier molecular flexibility index (Phi) is 6.81. The molecule has 1 atom stereocenters. The molecule has 0 fully saturated rings. The van der Waals surface area contributed by atoms with Gasteiger partial charge in [-0.3, -0.25) is 9.59 Å². The smallest absolute Gasteiger partial charge is 0.238 e. The monoisotopic (exact) mass is 406 g/mol. The van der Waals surface area contributed by atoms with Crippen LogP contribution in [-0.4, -0.2) is 18.2 Å². The molecule has 29 heavy (non-hydrogen) atoms. The van der Waals surface area contributed by atoms with E-state index in [4.69, 9.17) is 11.6 Å². The second-order valence-electron chi connectivity index (χ2n) is 6.89. The van der Waals surface area contributed by atoms with Crippen LogP contribution in [0, 0.1) is 6.92 Å². The molecule has 1 amide bonds. The van der Waals surface area contributed by atoms with Crippen LogP contribution in [-0.2, 0) is 4.79 Å². The first-order valence-corrected chi connectivity index (χ1v) is 9.81. The van der Waals surface area contributed by atoms with Crippen molar-refractivity contribution in [1.82, 2.24) is 5.32 Å². The summed E-state index contributed by atoms with van der Waals surface area (Å²) in [4.78, 5) is 25.4. The van der Waals surface area contributed by atoms with Crippen molar-refractivity contribution in [3.63, 3.8) is 0 Å². The Balaban J connectivity index is 1.71. The number of hydrogen-bond acceptors (Lipinski definition) is 3. The van der Waals surface area contributed by atoms with Gasteiger partial charge in [0.05, 0.1) is 12.2 Å². The zero-order valence-corrected chi connectivity index (χ0v) is 17.2. The summed E-state index contributed by atoms with van der Waals surface area (Å²) < 4.78 is 0. The van der Waals surface area contributed by atoms with Gasteiger partial charge in [-0.05, 0) is 43.2 Å². The highest BCUT2D eigenvalue weighted by molar-refractivity contribution is 6.31. The summed E-state index contributed by atoms with van der Waals surface area (Å²) in [5.41, 5.74) is 3.66. The van der Waals surface area contributed by atoms with Crippen molar-refractivity contribution in [1.29, 1.82) is 0 Å². The fraction of sp³-hybridized carbons (Fsp3) is 0.167. The van der Waals surface area contributed by atoms with Gasteiger partial charge in [-0.25, -0.2) is 0 Å². The van der Waals surface area contributed by atoms with Gasteiger partial charge in [0.15, 0.2) is 5.78 Å². The number of ketones is 1. The number of rotatable bonds is 7. The summed E-state index contributed by atoms with van der Waals surface area (Å²) >= 11 is 6.09. The number of halogens is 1. The molecule has 0 spiro atoms. The predicted molar refractivity (Wildman–Crippen MR) is 118 cm³/mol. The van der Waals surface area contributed by atoms with Gasteiger partial charge in [0, 0.05) is 22.2 Å². The number of carbonyl (C=O) groups excluding carboxylic acids is 2. The second kappa shape index (κ2) is 9.50. The van der Waals surface area contributed by atoms with Gasteiger partial charge in [-0.1, -0.05) is 66.2 Å². The Hall–Kier alpha value is -2.95. The molecule has 4 nitrogen and oxygen atoms in total. The van der Waals surface area contributed by atoms with Crippen molar-refractivity contribution >= 4 is 29.0 Å². The highest BCUT2D eigenvalue weighted by Gasteiger charge is 2.16. The molecule has 148 valence electrons. The Labute approximate surface area is 175 Å². The molecule has 0 aliphatic rings. The minimum absolute atomic E-state index is 0.0255. The van der Waals surface area contributed by atoms with E-state index in [2.05, 4.69) is 10.6 Å². The standard InChI is InChI=1S/C24H23ClN2O2/c1-16-8-6-7-11-20(16)17(2)26-15-23(28)27-22-13-12-19(25)14-21(22)24(29)18-9-4-3-5-10-18/h3-14,17,26H,15H2,1-2H3,(H,27,28)/t17-/m1/s1. The summed E-state index contributed by atoms with van der Waals surface area (Å²) in [6, 6.07) is 21.9. The maximum atomic E-state index is 12.9. The molecule has 3 rings (SSSR count). The zero-order chi connectivity index (χ0) is 20.8. The third-order valence-corrected chi connectivity index (χ3v) is 5.00. The van der Waals surface area contributed by atoms with Crippen LogP contribution >= 0.6 is 11.6 Å². The Morgan fingerprint density at radius 2 is 1.66 bits per heavy atom. The molecule has 0 bridgehead atoms. The highest BCUT2D eigenvalue weighted by Crippen LogP contribution is 2.24. The number of hydrogen-bond donors (Lipinski definition) is 2. The molecule has 0 aliphatic carbocycles. The minimum Gasteiger partial charge on any atom is -0.324 e. The van der Waals surface area contributed by atoms with Crippen molar-refractivity contribution in [3.05, 3.63) is 100 Å². The highest BCUT2D eigenvalue weighted by atomic mass is 35.5. The molecular weight excluding hydrogens is 384 g/mol. The fourth-order valence-corrected chi connectivity index (χ4v) is 3.35. The lowest BCUT2D eigenvalue weighted by Gasteiger charge is -2.17. The molecule has 2 N–H and O–H groups in total. The molecule has 0 radical (unpaired) electrons. The van der Waals surface area contributed by atoms with Gasteiger partial charge in [0.1, 0.15) is 0 Å². The number of amides is 1. The molecular formula is C24H23ClN2O2. The van der Waals surface area contributed by atoms with E-state index in [1.54, 1.807) is 42.5 Å². The number of aryl methyl sites for hydroxylation is 1. The van der Waals surface area contributed by atoms with Crippen LogP contribution in [0.3, 0.4) is 0 Å². The van der Waals surface area contributed by atoms with Crippen LogP contribution in [0.4, 0.5) is 5.69 Å². The molecule has 5 heteroatoms. The maximum absolute atomic E-state index is 12.9. The van der Waals surface area contributed by atoms with E-state index in [0.29, 0.717) is 21.8 Å². The van der Waals surface area contributed by atoms with E-state index in [9.17, 15) is 9.59 Å². The van der Waals surface area contributed by atoms with Crippen LogP contribution in [0.2, 0.25) is 5.02 Å². The van der Waals surface area contributed by atoms with Crippen LogP contribution in [0.25, 0.3) is 0 Å². The summed E-state index contributed by atoms with van der Waals surface area (Å²) in [5.74, 6) is -0.417. The SMILES string of the molecule is Cc1ccccc1[C@@H](C)NCC(=O)Nc1ccc(Cl)cc1C(=O)c1ccccc1.